The van der Waals surface area contributed by atoms with E-state index in [0.717, 1.165) is 9.79 Å². The first kappa shape index (κ1) is 18.9. The van der Waals surface area contributed by atoms with Crippen molar-refractivity contribution in [1.29, 1.82) is 5.26 Å². The molecule has 6 heteroatoms. The summed E-state index contributed by atoms with van der Waals surface area (Å²) in [4.78, 5) is 14.4. The van der Waals surface area contributed by atoms with Crippen LogP contribution in [0.1, 0.15) is 15.9 Å². The van der Waals surface area contributed by atoms with Crippen molar-refractivity contribution in [2.24, 2.45) is 0 Å². The van der Waals surface area contributed by atoms with Crippen molar-refractivity contribution < 1.29 is 14.3 Å². The number of para-hydroxylation sites is 2. The third-order valence-corrected chi connectivity index (χ3v) is 5.57. The van der Waals surface area contributed by atoms with Crippen LogP contribution in [-0.4, -0.2) is 25.2 Å². The summed E-state index contributed by atoms with van der Waals surface area (Å²) in [6.45, 7) is 0.712. The van der Waals surface area contributed by atoms with Crippen molar-refractivity contribution in [2.45, 2.75) is 15.9 Å². The second kappa shape index (κ2) is 8.72. The monoisotopic (exact) mass is 402 g/mol. The summed E-state index contributed by atoms with van der Waals surface area (Å²) in [7, 11) is 0. The van der Waals surface area contributed by atoms with Crippen molar-refractivity contribution in [3.63, 3.8) is 0 Å². The molecule has 0 saturated heterocycles. The zero-order valence-corrected chi connectivity index (χ0v) is 16.3. The molecular formula is C23H18N2O3S. The van der Waals surface area contributed by atoms with Crippen LogP contribution in [0.25, 0.3) is 0 Å². The van der Waals surface area contributed by atoms with Gasteiger partial charge in [-0.1, -0.05) is 48.2 Å². The smallest absolute Gasteiger partial charge is 0.252 e. The number of rotatable bonds is 5. The van der Waals surface area contributed by atoms with Gasteiger partial charge >= 0.3 is 0 Å². The van der Waals surface area contributed by atoms with Gasteiger partial charge in [-0.15, -0.1) is 0 Å². The van der Waals surface area contributed by atoms with Crippen LogP contribution in [-0.2, 0) is 0 Å². The molecule has 144 valence electrons. The van der Waals surface area contributed by atoms with E-state index in [1.54, 1.807) is 12.1 Å². The van der Waals surface area contributed by atoms with Gasteiger partial charge < -0.3 is 14.8 Å². The van der Waals surface area contributed by atoms with Crippen LogP contribution in [0.4, 0.5) is 0 Å². The van der Waals surface area contributed by atoms with E-state index in [2.05, 4.69) is 11.4 Å². The Kier molecular flexibility index (Phi) is 5.68. The number of hydrogen-bond donors (Lipinski definition) is 1. The van der Waals surface area contributed by atoms with Crippen LogP contribution >= 0.6 is 11.8 Å². The molecule has 1 aliphatic rings. The van der Waals surface area contributed by atoms with E-state index in [4.69, 9.17) is 9.47 Å². The van der Waals surface area contributed by atoms with Crippen molar-refractivity contribution in [3.05, 3.63) is 83.9 Å². The molecule has 1 aliphatic heterocycles. The van der Waals surface area contributed by atoms with Gasteiger partial charge in [0.15, 0.2) is 11.5 Å². The second-order valence-electron chi connectivity index (χ2n) is 6.41. The molecule has 5 nitrogen and oxygen atoms in total. The number of amides is 1. The number of nitrogens with zero attached hydrogens (tertiary/aromatic N) is 1. The molecule has 3 aromatic rings. The molecule has 0 bridgehead atoms. The topological polar surface area (TPSA) is 71.4 Å². The quantitative estimate of drug-likeness (QED) is 0.690. The molecule has 4 rings (SSSR count). The molecule has 29 heavy (non-hydrogen) atoms. The molecule has 0 spiro atoms. The maximum absolute atomic E-state index is 12.8. The first-order chi connectivity index (χ1) is 14.2. The van der Waals surface area contributed by atoms with Gasteiger partial charge in [-0.25, -0.2) is 0 Å². The minimum absolute atomic E-state index is 0.190. The normalized spacial score (nSPS) is 14.7. The van der Waals surface area contributed by atoms with E-state index >= 15 is 0 Å². The highest BCUT2D eigenvalue weighted by molar-refractivity contribution is 7.99. The van der Waals surface area contributed by atoms with Crippen molar-refractivity contribution in [2.75, 3.05) is 13.2 Å². The van der Waals surface area contributed by atoms with Gasteiger partial charge in [0.05, 0.1) is 17.7 Å². The summed E-state index contributed by atoms with van der Waals surface area (Å²) in [5.74, 6) is 1.21. The average Bonchev–Trinajstić information content (AvgIpc) is 2.78. The number of ether oxygens (including phenoxy) is 2. The van der Waals surface area contributed by atoms with E-state index in [1.165, 1.54) is 11.8 Å². The standard InChI is InChI=1S/C23H18N2O3S/c24-13-16-7-1-5-11-21(16)29-22-12-6-2-8-18(22)23(26)25-14-17-15-27-19-9-3-4-10-20(19)28-17/h1-12,17H,14-15H2,(H,25,26). The molecule has 0 aromatic heterocycles. The molecule has 1 amide bonds. The third kappa shape index (κ3) is 4.36. The lowest BCUT2D eigenvalue weighted by atomic mass is 10.2. The Morgan fingerprint density at radius 1 is 1.00 bits per heavy atom. The van der Waals surface area contributed by atoms with Gasteiger partial charge in [0, 0.05) is 9.79 Å². The molecule has 1 atom stereocenters. The molecule has 3 aromatic carbocycles. The predicted octanol–water partition coefficient (Wildman–Crippen LogP) is 4.28. The fraction of sp³-hybridized carbons (Fsp3) is 0.130. The maximum Gasteiger partial charge on any atom is 0.252 e. The lowest BCUT2D eigenvalue weighted by molar-refractivity contribution is 0.0787. The minimum atomic E-state index is -0.256. The molecule has 1 N–H and O–H groups in total. The number of carbonyl (C=O) groups excluding carboxylic acids is 1. The molecule has 1 unspecified atom stereocenters. The van der Waals surface area contributed by atoms with Crippen LogP contribution in [0.15, 0.2) is 82.6 Å². The number of benzene rings is 3. The van der Waals surface area contributed by atoms with Crippen LogP contribution in [0, 0.1) is 11.3 Å². The number of hydrogen-bond acceptors (Lipinski definition) is 5. The lowest BCUT2D eigenvalue weighted by Gasteiger charge is -2.26. The summed E-state index contributed by atoms with van der Waals surface area (Å²) in [5.41, 5.74) is 1.14. The van der Waals surface area contributed by atoms with Gasteiger partial charge in [0.25, 0.3) is 5.91 Å². The van der Waals surface area contributed by atoms with Crippen molar-refractivity contribution in [1.82, 2.24) is 5.32 Å². The maximum atomic E-state index is 12.8. The highest BCUT2D eigenvalue weighted by atomic mass is 32.2. The highest BCUT2D eigenvalue weighted by Crippen LogP contribution is 2.33. The molecule has 1 heterocycles. The van der Waals surface area contributed by atoms with E-state index in [0.29, 0.717) is 35.8 Å². The molecule has 0 radical (unpaired) electrons. The van der Waals surface area contributed by atoms with E-state index in [-0.39, 0.29) is 12.0 Å². The van der Waals surface area contributed by atoms with Gasteiger partial charge in [-0.2, -0.15) is 5.26 Å². The fourth-order valence-corrected chi connectivity index (χ4v) is 4.00. The molecule has 0 saturated carbocycles. The zero-order chi connectivity index (χ0) is 20.1. The van der Waals surface area contributed by atoms with E-state index in [9.17, 15) is 10.1 Å². The Hall–Kier alpha value is -3.43. The Labute approximate surface area is 173 Å². The molecule has 0 fully saturated rings. The minimum Gasteiger partial charge on any atom is -0.486 e. The summed E-state index contributed by atoms with van der Waals surface area (Å²) in [5, 5.41) is 12.2. The summed E-state index contributed by atoms with van der Waals surface area (Å²) < 4.78 is 11.6. The lowest BCUT2D eigenvalue weighted by Crippen LogP contribution is -2.40. The number of nitriles is 1. The molecule has 0 aliphatic carbocycles. The van der Waals surface area contributed by atoms with Crippen molar-refractivity contribution in [3.8, 4) is 17.6 Å². The highest BCUT2D eigenvalue weighted by Gasteiger charge is 2.22. The van der Waals surface area contributed by atoms with E-state index in [1.807, 2.05) is 60.7 Å². The van der Waals surface area contributed by atoms with E-state index < -0.39 is 0 Å². The van der Waals surface area contributed by atoms with Crippen LogP contribution < -0.4 is 14.8 Å². The predicted molar refractivity (Wildman–Crippen MR) is 110 cm³/mol. The Morgan fingerprint density at radius 3 is 2.52 bits per heavy atom. The number of fused-ring (bicyclic) bond motifs is 1. The Bertz CT molecular complexity index is 1080. The summed E-state index contributed by atoms with van der Waals surface area (Å²) >= 11 is 1.41. The Balaban J connectivity index is 1.44. The van der Waals surface area contributed by atoms with Crippen LogP contribution in [0.3, 0.4) is 0 Å². The SMILES string of the molecule is N#Cc1ccccc1Sc1ccccc1C(=O)NCC1COc2ccccc2O1. The second-order valence-corrected chi connectivity index (χ2v) is 7.50. The Morgan fingerprint density at radius 2 is 1.69 bits per heavy atom. The zero-order valence-electron chi connectivity index (χ0n) is 15.5. The van der Waals surface area contributed by atoms with Crippen LogP contribution in [0.5, 0.6) is 11.5 Å². The van der Waals surface area contributed by atoms with Crippen LogP contribution in [0.2, 0.25) is 0 Å². The van der Waals surface area contributed by atoms with Gasteiger partial charge in [-0.05, 0) is 36.4 Å². The van der Waals surface area contributed by atoms with Crippen molar-refractivity contribution >= 4 is 17.7 Å². The first-order valence-electron chi connectivity index (χ1n) is 9.17. The largest absolute Gasteiger partial charge is 0.486 e. The average molecular weight is 402 g/mol. The van der Waals surface area contributed by atoms with Gasteiger partial charge in [-0.3, -0.25) is 4.79 Å². The third-order valence-electron chi connectivity index (χ3n) is 4.42. The fourth-order valence-electron chi connectivity index (χ4n) is 2.98. The summed E-state index contributed by atoms with van der Waals surface area (Å²) in [6.07, 6.45) is -0.256. The van der Waals surface area contributed by atoms with Gasteiger partial charge in [0.1, 0.15) is 18.8 Å². The number of nitrogens with one attached hydrogen (secondary N) is 1. The summed E-state index contributed by atoms with van der Waals surface area (Å²) in [6, 6.07) is 24.4. The number of carbonyl (C=O) groups is 1. The van der Waals surface area contributed by atoms with Gasteiger partial charge in [0.2, 0.25) is 0 Å². The molecular weight excluding hydrogens is 384 g/mol. The first-order valence-corrected chi connectivity index (χ1v) is 9.99.